The fraction of sp³-hybridized carbons (Fsp3) is 0.474. The number of benzene rings is 1. The topological polar surface area (TPSA) is 67.2 Å². The number of carbonyl (C=O) groups excluding carboxylic acids is 1. The molecular formula is C19H25N3O2. The van der Waals surface area contributed by atoms with Crippen molar-refractivity contribution in [3.8, 4) is 11.3 Å². The molecule has 1 aliphatic rings. The lowest BCUT2D eigenvalue weighted by atomic mass is 9.73. The lowest BCUT2D eigenvalue weighted by Crippen LogP contribution is -2.45. The molecule has 24 heavy (non-hydrogen) atoms. The van der Waals surface area contributed by atoms with Crippen LogP contribution in [0.25, 0.3) is 11.3 Å². The minimum atomic E-state index is -0.353. The van der Waals surface area contributed by atoms with Crippen molar-refractivity contribution in [2.75, 3.05) is 6.54 Å². The van der Waals surface area contributed by atoms with Crippen LogP contribution >= 0.6 is 0 Å². The summed E-state index contributed by atoms with van der Waals surface area (Å²) in [6.07, 6.45) is 5.31. The molecule has 2 N–H and O–H groups in total. The second kappa shape index (κ2) is 6.77. The van der Waals surface area contributed by atoms with Crippen molar-refractivity contribution >= 4 is 5.91 Å². The van der Waals surface area contributed by atoms with Gasteiger partial charge in [0.1, 0.15) is 5.69 Å². The summed E-state index contributed by atoms with van der Waals surface area (Å²) in [5.74, 6) is -0.138. The van der Waals surface area contributed by atoms with Crippen molar-refractivity contribution in [2.24, 2.45) is 12.5 Å². The average Bonchev–Trinajstić information content (AvgIpc) is 2.98. The first-order valence-electron chi connectivity index (χ1n) is 8.55. The van der Waals surface area contributed by atoms with Crippen molar-refractivity contribution in [1.82, 2.24) is 15.1 Å². The van der Waals surface area contributed by atoms with E-state index >= 15 is 0 Å². The van der Waals surface area contributed by atoms with Gasteiger partial charge in [0.25, 0.3) is 5.91 Å². The summed E-state index contributed by atoms with van der Waals surface area (Å²) in [5, 5.41) is 17.7. The maximum atomic E-state index is 12.7. The van der Waals surface area contributed by atoms with Gasteiger partial charge < -0.3 is 10.4 Å². The van der Waals surface area contributed by atoms with Gasteiger partial charge in [-0.25, -0.2) is 0 Å². The first-order valence-corrected chi connectivity index (χ1v) is 8.55. The van der Waals surface area contributed by atoms with Gasteiger partial charge in [0.05, 0.1) is 11.7 Å². The Hall–Kier alpha value is -2.14. The van der Waals surface area contributed by atoms with E-state index in [1.165, 1.54) is 0 Å². The molecule has 2 aromatic rings. The van der Waals surface area contributed by atoms with Crippen molar-refractivity contribution in [2.45, 2.75) is 38.7 Å². The van der Waals surface area contributed by atoms with Crippen LogP contribution in [0.4, 0.5) is 0 Å². The number of aliphatic hydroxyl groups is 1. The first-order chi connectivity index (χ1) is 11.5. The number of aryl methyl sites for hydroxylation is 1. The molecule has 1 amide bonds. The van der Waals surface area contributed by atoms with Gasteiger partial charge >= 0.3 is 0 Å². The Morgan fingerprint density at radius 2 is 2.12 bits per heavy atom. The second-order valence-electron chi connectivity index (χ2n) is 7.03. The standard InChI is InChI=1S/C19H25N3O2/c1-19(11-7-6-10-16(19)23)13-20-18(24)15-12-22(2)21-17(15)14-8-4-3-5-9-14/h3-5,8-9,12,16,23H,6-7,10-11,13H2,1-2H3,(H,20,24). The zero-order valence-electron chi connectivity index (χ0n) is 14.3. The molecule has 5 heteroatoms. The Morgan fingerprint density at radius 3 is 2.83 bits per heavy atom. The highest BCUT2D eigenvalue weighted by Crippen LogP contribution is 2.35. The molecule has 128 valence electrons. The van der Waals surface area contributed by atoms with E-state index in [0.717, 1.165) is 31.2 Å². The molecule has 1 saturated carbocycles. The van der Waals surface area contributed by atoms with Crippen molar-refractivity contribution in [3.63, 3.8) is 0 Å². The monoisotopic (exact) mass is 327 g/mol. The zero-order chi connectivity index (χ0) is 17.2. The lowest BCUT2D eigenvalue weighted by Gasteiger charge is -2.38. The van der Waals surface area contributed by atoms with E-state index in [1.54, 1.807) is 10.9 Å². The summed E-state index contributed by atoms with van der Waals surface area (Å²) < 4.78 is 1.66. The van der Waals surface area contributed by atoms with Crippen LogP contribution in [0.5, 0.6) is 0 Å². The largest absolute Gasteiger partial charge is 0.392 e. The summed E-state index contributed by atoms with van der Waals surface area (Å²) in [4.78, 5) is 12.7. The quantitative estimate of drug-likeness (QED) is 0.907. The molecule has 0 saturated heterocycles. The van der Waals surface area contributed by atoms with Gasteiger partial charge in [-0.2, -0.15) is 5.10 Å². The number of carbonyl (C=O) groups is 1. The molecule has 1 aromatic carbocycles. The minimum absolute atomic E-state index is 0.138. The Bertz CT molecular complexity index is 711. The molecule has 0 spiro atoms. The van der Waals surface area contributed by atoms with Crippen LogP contribution < -0.4 is 5.32 Å². The van der Waals surface area contributed by atoms with Crippen molar-refractivity contribution in [1.29, 1.82) is 0 Å². The molecular weight excluding hydrogens is 302 g/mol. The number of rotatable bonds is 4. The molecule has 1 fully saturated rings. The third kappa shape index (κ3) is 3.36. The van der Waals surface area contributed by atoms with E-state index in [4.69, 9.17) is 0 Å². The van der Waals surface area contributed by atoms with Gasteiger partial charge in [-0.05, 0) is 12.8 Å². The van der Waals surface area contributed by atoms with E-state index in [0.29, 0.717) is 17.8 Å². The maximum absolute atomic E-state index is 12.7. The van der Waals surface area contributed by atoms with Crippen LogP contribution in [0, 0.1) is 5.41 Å². The van der Waals surface area contributed by atoms with Crippen LogP contribution in [-0.2, 0) is 7.05 Å². The molecule has 1 aliphatic carbocycles. The second-order valence-corrected chi connectivity index (χ2v) is 7.03. The van der Waals surface area contributed by atoms with Crippen LogP contribution in [-0.4, -0.2) is 33.4 Å². The zero-order valence-corrected chi connectivity index (χ0v) is 14.3. The number of aliphatic hydroxyl groups excluding tert-OH is 1. The van der Waals surface area contributed by atoms with Gasteiger partial charge in [-0.3, -0.25) is 9.48 Å². The van der Waals surface area contributed by atoms with Gasteiger partial charge in [-0.15, -0.1) is 0 Å². The smallest absolute Gasteiger partial charge is 0.255 e. The number of nitrogens with zero attached hydrogens (tertiary/aromatic N) is 2. The molecule has 1 heterocycles. The highest BCUT2D eigenvalue weighted by atomic mass is 16.3. The number of hydrogen-bond acceptors (Lipinski definition) is 3. The average molecular weight is 327 g/mol. The fourth-order valence-corrected chi connectivity index (χ4v) is 3.43. The summed E-state index contributed by atoms with van der Waals surface area (Å²) in [6.45, 7) is 2.54. The van der Waals surface area contributed by atoms with Crippen molar-refractivity contribution in [3.05, 3.63) is 42.1 Å². The third-order valence-corrected chi connectivity index (χ3v) is 5.05. The molecule has 5 nitrogen and oxygen atoms in total. The lowest BCUT2D eigenvalue weighted by molar-refractivity contribution is 0.00191. The van der Waals surface area contributed by atoms with Gasteiger partial charge in [0.2, 0.25) is 0 Å². The first kappa shape index (κ1) is 16.7. The SMILES string of the molecule is Cn1cc(C(=O)NCC2(C)CCCCC2O)c(-c2ccccc2)n1. The van der Waals surface area contributed by atoms with E-state index in [9.17, 15) is 9.90 Å². The Morgan fingerprint density at radius 1 is 1.38 bits per heavy atom. The Labute approximate surface area is 142 Å². The van der Waals surface area contributed by atoms with Crippen molar-refractivity contribution < 1.29 is 9.90 Å². The molecule has 3 rings (SSSR count). The minimum Gasteiger partial charge on any atom is -0.392 e. The van der Waals surface area contributed by atoms with Crippen LogP contribution in [0.2, 0.25) is 0 Å². The number of hydrogen-bond donors (Lipinski definition) is 2. The number of aromatic nitrogens is 2. The van der Waals surface area contributed by atoms with Crippen LogP contribution in [0.3, 0.4) is 0 Å². The molecule has 2 unspecified atom stereocenters. The van der Waals surface area contributed by atoms with E-state index < -0.39 is 0 Å². The molecule has 0 aliphatic heterocycles. The van der Waals surface area contributed by atoms with E-state index in [2.05, 4.69) is 17.3 Å². The highest BCUT2D eigenvalue weighted by molar-refractivity contribution is 5.99. The maximum Gasteiger partial charge on any atom is 0.255 e. The van der Waals surface area contributed by atoms with Gasteiger partial charge in [0, 0.05) is 30.8 Å². The summed E-state index contributed by atoms with van der Waals surface area (Å²) >= 11 is 0. The van der Waals surface area contributed by atoms with Gasteiger partial charge in [0.15, 0.2) is 0 Å². The normalized spacial score (nSPS) is 23.9. The number of amides is 1. The Balaban J connectivity index is 1.76. The number of nitrogens with one attached hydrogen (secondary N) is 1. The summed E-state index contributed by atoms with van der Waals surface area (Å²) in [6, 6.07) is 9.71. The molecule has 2 atom stereocenters. The van der Waals surface area contributed by atoms with E-state index in [1.807, 2.05) is 37.4 Å². The third-order valence-electron chi connectivity index (χ3n) is 5.05. The molecule has 0 radical (unpaired) electrons. The fourth-order valence-electron chi connectivity index (χ4n) is 3.43. The van der Waals surface area contributed by atoms with Gasteiger partial charge in [-0.1, -0.05) is 50.1 Å². The van der Waals surface area contributed by atoms with Crippen LogP contribution in [0.1, 0.15) is 43.0 Å². The van der Waals surface area contributed by atoms with Crippen LogP contribution in [0.15, 0.2) is 36.5 Å². The molecule has 1 aromatic heterocycles. The highest BCUT2D eigenvalue weighted by Gasteiger charge is 2.35. The predicted octanol–water partition coefficient (Wildman–Crippen LogP) is 2.76. The van der Waals surface area contributed by atoms with E-state index in [-0.39, 0.29) is 17.4 Å². The summed E-state index contributed by atoms with van der Waals surface area (Å²) in [7, 11) is 1.81. The summed E-state index contributed by atoms with van der Waals surface area (Å²) in [5.41, 5.74) is 1.93. The molecule has 0 bridgehead atoms. The predicted molar refractivity (Wildman–Crippen MR) is 93.6 cm³/mol. The Kier molecular flexibility index (Phi) is 4.71.